The normalized spacial score (nSPS) is 13.9. The molecule has 108 valence electrons. The zero-order chi connectivity index (χ0) is 14.8. The van der Waals surface area contributed by atoms with Crippen molar-refractivity contribution >= 4 is 23.2 Å². The first-order valence-corrected chi connectivity index (χ1v) is 7.42. The van der Waals surface area contributed by atoms with Gasteiger partial charge in [-0.1, -0.05) is 6.07 Å². The van der Waals surface area contributed by atoms with Crippen LogP contribution in [0.1, 0.15) is 38.7 Å². The molecule has 3 rings (SSSR count). The minimum atomic E-state index is -1.15. The molecule has 0 unspecified atom stereocenters. The van der Waals surface area contributed by atoms with Gasteiger partial charge in [0, 0.05) is 10.9 Å². The van der Waals surface area contributed by atoms with Gasteiger partial charge in [-0.25, -0.2) is 14.8 Å². The fourth-order valence-electron chi connectivity index (χ4n) is 2.02. The van der Waals surface area contributed by atoms with Crippen molar-refractivity contribution in [3.05, 3.63) is 46.2 Å². The Hall–Kier alpha value is -2.28. The van der Waals surface area contributed by atoms with Crippen LogP contribution in [0.4, 0.5) is 0 Å². The number of nitrogens with zero attached hydrogens (tertiary/aromatic N) is 3. The second-order valence-corrected chi connectivity index (χ2v) is 5.87. The number of amides is 1. The quantitative estimate of drug-likeness (QED) is 0.914. The highest BCUT2D eigenvalue weighted by molar-refractivity contribution is 7.09. The number of hydrogen-bond donors (Lipinski definition) is 1. The summed E-state index contributed by atoms with van der Waals surface area (Å²) < 4.78 is 0. The third-order valence-corrected chi connectivity index (χ3v) is 4.11. The molecule has 0 radical (unpaired) electrons. The molecule has 2 heterocycles. The summed E-state index contributed by atoms with van der Waals surface area (Å²) in [5, 5.41) is 10.8. The Morgan fingerprint density at radius 2 is 2.00 bits per heavy atom. The van der Waals surface area contributed by atoms with Gasteiger partial charge >= 0.3 is 5.97 Å². The highest BCUT2D eigenvalue weighted by Crippen LogP contribution is 2.30. The van der Waals surface area contributed by atoms with Crippen molar-refractivity contribution in [2.45, 2.75) is 25.4 Å². The number of rotatable bonds is 5. The van der Waals surface area contributed by atoms with Crippen LogP contribution in [0.5, 0.6) is 0 Å². The Morgan fingerprint density at radius 1 is 1.29 bits per heavy atom. The molecule has 0 aliphatic heterocycles. The lowest BCUT2D eigenvalue weighted by molar-refractivity contribution is 0.0683. The number of thiophene rings is 1. The lowest BCUT2D eigenvalue weighted by atomic mass is 10.3. The second kappa shape index (κ2) is 5.61. The molecule has 7 heteroatoms. The summed E-state index contributed by atoms with van der Waals surface area (Å²) in [7, 11) is 0. The molecule has 1 aliphatic carbocycles. The highest BCUT2D eigenvalue weighted by atomic mass is 32.1. The maximum Gasteiger partial charge on any atom is 0.356 e. The summed E-state index contributed by atoms with van der Waals surface area (Å²) in [5.74, 6) is -1.35. The van der Waals surface area contributed by atoms with Crippen LogP contribution in [0.3, 0.4) is 0 Å². The standard InChI is InChI=1S/C14H13N3O3S/c18-13(11-6-16-12(7-15-11)14(19)20)17(9-3-4-9)8-10-2-1-5-21-10/h1-2,5-7,9H,3-4,8H2,(H,19,20). The van der Waals surface area contributed by atoms with E-state index in [2.05, 4.69) is 9.97 Å². The molecule has 0 atom stereocenters. The molecule has 2 aromatic rings. The van der Waals surface area contributed by atoms with Crippen LogP contribution in [0.2, 0.25) is 0 Å². The topological polar surface area (TPSA) is 83.4 Å². The Kier molecular flexibility index (Phi) is 3.66. The maximum absolute atomic E-state index is 12.5. The van der Waals surface area contributed by atoms with Crippen LogP contribution < -0.4 is 0 Å². The van der Waals surface area contributed by atoms with Gasteiger partial charge < -0.3 is 10.0 Å². The molecule has 6 nitrogen and oxygen atoms in total. The number of carbonyl (C=O) groups is 2. The first-order chi connectivity index (χ1) is 10.1. The molecule has 1 amide bonds. The maximum atomic E-state index is 12.5. The molecule has 0 aromatic carbocycles. The molecular weight excluding hydrogens is 290 g/mol. The van der Waals surface area contributed by atoms with Crippen molar-refractivity contribution in [1.29, 1.82) is 0 Å². The minimum absolute atomic E-state index is 0.164. The van der Waals surface area contributed by atoms with Gasteiger partial charge in [-0.05, 0) is 24.3 Å². The molecule has 1 aliphatic rings. The van der Waals surface area contributed by atoms with Crippen molar-refractivity contribution in [3.63, 3.8) is 0 Å². The van der Waals surface area contributed by atoms with Crippen LogP contribution in [-0.4, -0.2) is 37.9 Å². The van der Waals surface area contributed by atoms with E-state index in [9.17, 15) is 9.59 Å². The van der Waals surface area contributed by atoms with Gasteiger partial charge in [0.05, 0.1) is 18.9 Å². The SMILES string of the molecule is O=C(O)c1cnc(C(=O)N(Cc2cccs2)C2CC2)cn1. The smallest absolute Gasteiger partial charge is 0.356 e. The van der Waals surface area contributed by atoms with E-state index in [0.29, 0.717) is 6.54 Å². The fourth-order valence-corrected chi connectivity index (χ4v) is 2.72. The summed E-state index contributed by atoms with van der Waals surface area (Å²) >= 11 is 1.61. The Morgan fingerprint density at radius 3 is 2.52 bits per heavy atom. The van der Waals surface area contributed by atoms with Crippen molar-refractivity contribution in [1.82, 2.24) is 14.9 Å². The number of carboxylic acids is 1. The van der Waals surface area contributed by atoms with Crippen molar-refractivity contribution in [3.8, 4) is 0 Å². The van der Waals surface area contributed by atoms with Gasteiger partial charge in [-0.15, -0.1) is 11.3 Å². The minimum Gasteiger partial charge on any atom is -0.476 e. The van der Waals surface area contributed by atoms with Gasteiger partial charge in [0.15, 0.2) is 5.69 Å². The average molecular weight is 303 g/mol. The third kappa shape index (κ3) is 3.08. The Balaban J connectivity index is 1.79. The van der Waals surface area contributed by atoms with E-state index >= 15 is 0 Å². The monoisotopic (exact) mass is 303 g/mol. The van der Waals surface area contributed by atoms with E-state index in [-0.39, 0.29) is 23.3 Å². The summed E-state index contributed by atoms with van der Waals surface area (Å²) in [6.07, 6.45) is 4.34. The molecular formula is C14H13N3O3S. The van der Waals surface area contributed by atoms with Crippen LogP contribution in [-0.2, 0) is 6.54 Å². The van der Waals surface area contributed by atoms with Gasteiger partial charge in [-0.3, -0.25) is 4.79 Å². The van der Waals surface area contributed by atoms with Crippen LogP contribution in [0, 0.1) is 0 Å². The van der Waals surface area contributed by atoms with E-state index in [0.717, 1.165) is 23.9 Å². The molecule has 1 fully saturated rings. The molecule has 0 spiro atoms. The molecule has 1 saturated carbocycles. The number of aromatic carboxylic acids is 1. The van der Waals surface area contributed by atoms with E-state index < -0.39 is 5.97 Å². The van der Waals surface area contributed by atoms with Crippen molar-refractivity contribution in [2.24, 2.45) is 0 Å². The number of aromatic nitrogens is 2. The number of carbonyl (C=O) groups excluding carboxylic acids is 1. The van der Waals surface area contributed by atoms with E-state index in [4.69, 9.17) is 5.11 Å². The zero-order valence-corrected chi connectivity index (χ0v) is 11.9. The Bertz CT molecular complexity index is 651. The zero-order valence-electron chi connectivity index (χ0n) is 11.1. The molecule has 0 saturated heterocycles. The molecule has 21 heavy (non-hydrogen) atoms. The summed E-state index contributed by atoms with van der Waals surface area (Å²) in [6, 6.07) is 4.20. The highest BCUT2D eigenvalue weighted by Gasteiger charge is 2.34. The largest absolute Gasteiger partial charge is 0.476 e. The first-order valence-electron chi connectivity index (χ1n) is 6.54. The second-order valence-electron chi connectivity index (χ2n) is 4.84. The lowest BCUT2D eigenvalue weighted by Crippen LogP contribution is -2.33. The van der Waals surface area contributed by atoms with Crippen LogP contribution >= 0.6 is 11.3 Å². The van der Waals surface area contributed by atoms with E-state index in [1.165, 1.54) is 6.20 Å². The summed E-state index contributed by atoms with van der Waals surface area (Å²) in [5.41, 5.74) is 0.0197. The Labute approximate surface area is 125 Å². The van der Waals surface area contributed by atoms with Gasteiger partial charge in [0.25, 0.3) is 5.91 Å². The van der Waals surface area contributed by atoms with Crippen LogP contribution in [0.15, 0.2) is 29.9 Å². The first kappa shape index (κ1) is 13.7. The third-order valence-electron chi connectivity index (χ3n) is 3.24. The van der Waals surface area contributed by atoms with Gasteiger partial charge in [0.2, 0.25) is 0 Å². The van der Waals surface area contributed by atoms with Gasteiger partial charge in [0.1, 0.15) is 5.69 Å². The number of carboxylic acid groups (broad SMARTS) is 1. The van der Waals surface area contributed by atoms with Gasteiger partial charge in [-0.2, -0.15) is 0 Å². The van der Waals surface area contributed by atoms with Crippen LogP contribution in [0.25, 0.3) is 0 Å². The van der Waals surface area contributed by atoms with Crippen molar-refractivity contribution in [2.75, 3.05) is 0 Å². The molecule has 0 bridgehead atoms. The van der Waals surface area contributed by atoms with E-state index in [1.54, 1.807) is 16.2 Å². The summed E-state index contributed by atoms with van der Waals surface area (Å²) in [6.45, 7) is 0.559. The predicted octanol–water partition coefficient (Wildman–Crippen LogP) is 2.04. The average Bonchev–Trinajstić information content (AvgIpc) is 3.20. The lowest BCUT2D eigenvalue weighted by Gasteiger charge is -2.21. The number of hydrogen-bond acceptors (Lipinski definition) is 5. The summed E-state index contributed by atoms with van der Waals surface area (Å²) in [4.78, 5) is 33.8. The predicted molar refractivity (Wildman–Crippen MR) is 76.2 cm³/mol. The molecule has 1 N–H and O–H groups in total. The van der Waals surface area contributed by atoms with Crippen molar-refractivity contribution < 1.29 is 14.7 Å². The fraction of sp³-hybridized carbons (Fsp3) is 0.286. The molecule has 2 aromatic heterocycles. The van der Waals surface area contributed by atoms with E-state index in [1.807, 2.05) is 17.5 Å².